The molecule has 2 aliphatic heterocycles. The Kier molecular flexibility index (Phi) is 4.97. The fourth-order valence-corrected chi connectivity index (χ4v) is 4.39. The molecule has 0 spiro atoms. The van der Waals surface area contributed by atoms with Crippen molar-refractivity contribution in [3.05, 3.63) is 57.0 Å². The summed E-state index contributed by atoms with van der Waals surface area (Å²) in [5, 5.41) is 0.589. The maximum absolute atomic E-state index is 12.2. The average molecular weight is 462 g/mol. The number of nitrogens with zero attached hydrogens (tertiary/aromatic N) is 1. The summed E-state index contributed by atoms with van der Waals surface area (Å²) in [5.41, 5.74) is 5.77. The third-order valence-corrected chi connectivity index (χ3v) is 5.97. The van der Waals surface area contributed by atoms with E-state index in [0.29, 0.717) is 10.6 Å². The van der Waals surface area contributed by atoms with Crippen LogP contribution in [0, 0.1) is 0 Å². The van der Waals surface area contributed by atoms with Crippen LogP contribution in [0.3, 0.4) is 0 Å². The van der Waals surface area contributed by atoms with Gasteiger partial charge in [-0.05, 0) is 19.1 Å². The van der Waals surface area contributed by atoms with Crippen LogP contribution in [0.1, 0.15) is 37.4 Å². The number of anilines is 1. The molecule has 2 aromatic heterocycles. The fourth-order valence-electron chi connectivity index (χ4n) is 4.27. The largest absolute Gasteiger partial charge is 0.463 e. The van der Waals surface area contributed by atoms with E-state index >= 15 is 0 Å². The number of H-pyrrole nitrogens is 1. The molecule has 1 unspecified atom stereocenters. The summed E-state index contributed by atoms with van der Waals surface area (Å²) in [5.74, 6) is -0.495. The number of furan rings is 1. The maximum Gasteiger partial charge on any atom is 0.302 e. The van der Waals surface area contributed by atoms with Crippen molar-refractivity contribution in [3.8, 4) is 0 Å². The first-order valence-corrected chi connectivity index (χ1v) is 10.3. The number of benzene rings is 1. The summed E-state index contributed by atoms with van der Waals surface area (Å²) in [7, 11) is 0. The number of nitrogens with one attached hydrogen (secondary N) is 1. The zero-order valence-corrected chi connectivity index (χ0v) is 17.9. The number of fused-ring (bicyclic) bond motifs is 2. The zero-order valence-electron chi connectivity index (χ0n) is 17.2. The second-order valence-corrected chi connectivity index (χ2v) is 8.36. The van der Waals surface area contributed by atoms with Crippen molar-refractivity contribution in [2.75, 3.05) is 12.3 Å². The van der Waals surface area contributed by atoms with Crippen LogP contribution >= 0.6 is 11.6 Å². The molecule has 0 radical (unpaired) electrons. The molecule has 11 heteroatoms. The van der Waals surface area contributed by atoms with Crippen molar-refractivity contribution in [3.63, 3.8) is 0 Å². The number of halogens is 1. The third-order valence-electron chi connectivity index (χ3n) is 5.71. The Bertz CT molecular complexity index is 1240. The standard InChI is InChI=1S/C21H20ClN3O7/c1-9(26)28-8-13-17-21(2,32-19(31-17)10-3-5-11(22)6-4-10)16(30-13)12-7-29-15-14(12)24-20(23)25-18(15)27/h3-7,13,16-17,19H,8H2,1-2H3,(H3,23,24,25,27)/t13-,16+,17-,19?,21+/m1/s1. The lowest BCUT2D eigenvalue weighted by atomic mass is 9.89. The highest BCUT2D eigenvalue weighted by Crippen LogP contribution is 2.54. The number of hydrogen-bond donors (Lipinski definition) is 2. The Balaban J connectivity index is 1.55. The highest BCUT2D eigenvalue weighted by molar-refractivity contribution is 6.30. The molecule has 5 rings (SSSR count). The van der Waals surface area contributed by atoms with Crippen LogP contribution in [0.4, 0.5) is 5.95 Å². The Morgan fingerprint density at radius 1 is 1.31 bits per heavy atom. The van der Waals surface area contributed by atoms with Crippen LogP contribution in [0.15, 0.2) is 39.7 Å². The Labute approximate surface area is 186 Å². The van der Waals surface area contributed by atoms with Gasteiger partial charge in [0, 0.05) is 23.1 Å². The van der Waals surface area contributed by atoms with Gasteiger partial charge in [-0.2, -0.15) is 0 Å². The van der Waals surface area contributed by atoms with E-state index in [1.807, 2.05) is 19.1 Å². The minimum atomic E-state index is -1.01. The molecule has 0 aliphatic carbocycles. The molecule has 2 fully saturated rings. The van der Waals surface area contributed by atoms with E-state index in [-0.39, 0.29) is 23.7 Å². The van der Waals surface area contributed by atoms with Gasteiger partial charge in [0.05, 0.1) is 6.26 Å². The van der Waals surface area contributed by atoms with Crippen molar-refractivity contribution in [2.24, 2.45) is 0 Å². The molecule has 168 valence electrons. The Morgan fingerprint density at radius 3 is 2.78 bits per heavy atom. The highest BCUT2D eigenvalue weighted by atomic mass is 35.5. The summed E-state index contributed by atoms with van der Waals surface area (Å²) in [6.45, 7) is 3.12. The maximum atomic E-state index is 12.2. The van der Waals surface area contributed by atoms with Gasteiger partial charge in [-0.25, -0.2) is 4.98 Å². The van der Waals surface area contributed by atoms with Gasteiger partial charge in [0.25, 0.3) is 5.56 Å². The van der Waals surface area contributed by atoms with Gasteiger partial charge in [-0.1, -0.05) is 23.7 Å². The highest BCUT2D eigenvalue weighted by Gasteiger charge is 2.62. The first-order chi connectivity index (χ1) is 15.3. The van der Waals surface area contributed by atoms with Gasteiger partial charge in [-0.3, -0.25) is 14.6 Å². The minimum absolute atomic E-state index is 0.0227. The molecule has 1 aromatic carbocycles. The summed E-state index contributed by atoms with van der Waals surface area (Å²) < 4.78 is 29.5. The van der Waals surface area contributed by atoms with Gasteiger partial charge in [0.1, 0.15) is 36.0 Å². The molecule has 4 heterocycles. The normalized spacial score (nSPS) is 29.3. The number of carbonyl (C=O) groups is 1. The second-order valence-electron chi connectivity index (χ2n) is 7.92. The number of nitrogens with two attached hydrogens (primary N) is 1. The van der Waals surface area contributed by atoms with Gasteiger partial charge < -0.3 is 29.1 Å². The number of ether oxygens (including phenoxy) is 4. The van der Waals surface area contributed by atoms with Gasteiger partial charge >= 0.3 is 5.97 Å². The van der Waals surface area contributed by atoms with E-state index in [0.717, 1.165) is 5.56 Å². The molecule has 0 amide bonds. The Hall–Kier alpha value is -2.92. The summed E-state index contributed by atoms with van der Waals surface area (Å²) >= 11 is 6.00. The quantitative estimate of drug-likeness (QED) is 0.561. The number of aromatic amines is 1. The molecule has 32 heavy (non-hydrogen) atoms. The van der Waals surface area contributed by atoms with Crippen LogP contribution in [0.25, 0.3) is 11.1 Å². The van der Waals surface area contributed by atoms with E-state index in [1.165, 1.54) is 13.2 Å². The number of carbonyl (C=O) groups excluding carboxylic acids is 1. The smallest absolute Gasteiger partial charge is 0.302 e. The second kappa shape index (κ2) is 7.59. The summed E-state index contributed by atoms with van der Waals surface area (Å²) in [4.78, 5) is 30.2. The third kappa shape index (κ3) is 3.36. The van der Waals surface area contributed by atoms with Crippen LogP contribution in [-0.2, 0) is 23.7 Å². The van der Waals surface area contributed by atoms with E-state index in [9.17, 15) is 9.59 Å². The van der Waals surface area contributed by atoms with E-state index < -0.39 is 41.7 Å². The lowest BCUT2D eigenvalue weighted by Crippen LogP contribution is -2.40. The average Bonchev–Trinajstić information content (AvgIpc) is 3.37. The van der Waals surface area contributed by atoms with Crippen molar-refractivity contribution in [1.29, 1.82) is 0 Å². The molecule has 5 atom stereocenters. The summed E-state index contributed by atoms with van der Waals surface area (Å²) in [6, 6.07) is 7.10. The molecule has 0 saturated carbocycles. The van der Waals surface area contributed by atoms with Crippen molar-refractivity contribution < 1.29 is 28.2 Å². The SMILES string of the molecule is CC(=O)OC[C@H]1O[C@@H](c2coc3c(=O)[nH]c(N)nc23)[C@]2(C)OC(c3ccc(Cl)cc3)O[C@H]12. The lowest BCUT2D eigenvalue weighted by molar-refractivity contribution is -0.165. The number of hydrogen-bond acceptors (Lipinski definition) is 9. The van der Waals surface area contributed by atoms with E-state index in [2.05, 4.69) is 9.97 Å². The van der Waals surface area contributed by atoms with E-state index in [1.54, 1.807) is 12.1 Å². The molecular formula is C21H20ClN3O7. The van der Waals surface area contributed by atoms with Crippen LogP contribution < -0.4 is 11.3 Å². The first kappa shape index (κ1) is 21.0. The van der Waals surface area contributed by atoms with Crippen LogP contribution in [0.2, 0.25) is 5.02 Å². The number of esters is 1. The summed E-state index contributed by atoms with van der Waals surface area (Å²) in [6.07, 6.45) is -1.26. The lowest BCUT2D eigenvalue weighted by Gasteiger charge is -2.27. The molecule has 2 saturated heterocycles. The van der Waals surface area contributed by atoms with Gasteiger partial charge in [-0.15, -0.1) is 0 Å². The predicted molar refractivity (Wildman–Crippen MR) is 112 cm³/mol. The molecule has 0 bridgehead atoms. The molecular weight excluding hydrogens is 442 g/mol. The number of aromatic nitrogens is 2. The van der Waals surface area contributed by atoms with Gasteiger partial charge in [0.2, 0.25) is 11.5 Å². The van der Waals surface area contributed by atoms with Crippen molar-refractivity contribution in [1.82, 2.24) is 9.97 Å². The first-order valence-electron chi connectivity index (χ1n) is 9.90. The van der Waals surface area contributed by atoms with Crippen molar-refractivity contribution >= 4 is 34.6 Å². The van der Waals surface area contributed by atoms with Gasteiger partial charge in [0.15, 0.2) is 6.29 Å². The molecule has 10 nitrogen and oxygen atoms in total. The molecule has 3 aromatic rings. The predicted octanol–water partition coefficient (Wildman–Crippen LogP) is 2.63. The number of nitrogen functional groups attached to an aromatic ring is 1. The topological polar surface area (TPSA) is 139 Å². The Morgan fingerprint density at radius 2 is 2.06 bits per heavy atom. The van der Waals surface area contributed by atoms with Crippen LogP contribution in [0.5, 0.6) is 0 Å². The molecule has 3 N–H and O–H groups in total. The van der Waals surface area contributed by atoms with Crippen molar-refractivity contribution in [2.45, 2.75) is 44.1 Å². The number of rotatable bonds is 4. The zero-order chi connectivity index (χ0) is 22.6. The van der Waals surface area contributed by atoms with E-state index in [4.69, 9.17) is 40.7 Å². The molecule has 2 aliphatic rings. The fraction of sp³-hybridized carbons (Fsp3) is 0.381. The minimum Gasteiger partial charge on any atom is -0.463 e. The van der Waals surface area contributed by atoms with Crippen LogP contribution in [-0.4, -0.2) is 40.4 Å². The monoisotopic (exact) mass is 461 g/mol.